The van der Waals surface area contributed by atoms with E-state index < -0.39 is 0 Å². The molecule has 24 heavy (non-hydrogen) atoms. The van der Waals surface area contributed by atoms with Gasteiger partial charge in [-0.2, -0.15) is 0 Å². The fourth-order valence-corrected chi connectivity index (χ4v) is 3.07. The molecule has 0 aliphatic rings. The van der Waals surface area contributed by atoms with Gasteiger partial charge >= 0.3 is 0 Å². The van der Waals surface area contributed by atoms with Crippen molar-refractivity contribution in [1.82, 2.24) is 19.5 Å². The zero-order chi connectivity index (χ0) is 17.1. The van der Waals surface area contributed by atoms with Crippen molar-refractivity contribution < 1.29 is 0 Å². The molecular formula is C18H21N5S. The van der Waals surface area contributed by atoms with Crippen molar-refractivity contribution in [2.24, 2.45) is 0 Å². The average molecular weight is 339 g/mol. The van der Waals surface area contributed by atoms with Gasteiger partial charge in [0.05, 0.1) is 17.6 Å². The van der Waals surface area contributed by atoms with Crippen LogP contribution in [0.25, 0.3) is 11.4 Å². The number of thioether (sulfide) groups is 1. The van der Waals surface area contributed by atoms with Crippen LogP contribution in [0.2, 0.25) is 0 Å². The van der Waals surface area contributed by atoms with Crippen LogP contribution >= 0.6 is 11.8 Å². The van der Waals surface area contributed by atoms with Crippen molar-refractivity contribution in [1.29, 1.82) is 0 Å². The lowest BCUT2D eigenvalue weighted by molar-refractivity contribution is 0.587. The van der Waals surface area contributed by atoms with E-state index in [2.05, 4.69) is 57.1 Å². The molecule has 0 aliphatic heterocycles. The first kappa shape index (κ1) is 16.5. The van der Waals surface area contributed by atoms with Crippen molar-refractivity contribution >= 4 is 23.4 Å². The van der Waals surface area contributed by atoms with Crippen LogP contribution in [0.3, 0.4) is 0 Å². The Morgan fingerprint density at radius 3 is 2.50 bits per heavy atom. The second kappa shape index (κ2) is 7.05. The monoisotopic (exact) mass is 339 g/mol. The van der Waals surface area contributed by atoms with E-state index in [1.807, 2.05) is 31.3 Å². The second-order valence-corrected chi connectivity index (χ2v) is 6.65. The van der Waals surface area contributed by atoms with Crippen LogP contribution in [0.1, 0.15) is 25.7 Å². The third-order valence-corrected chi connectivity index (χ3v) is 4.51. The van der Waals surface area contributed by atoms with Crippen LogP contribution in [0.15, 0.2) is 47.6 Å². The van der Waals surface area contributed by atoms with Gasteiger partial charge in [-0.1, -0.05) is 0 Å². The molecule has 0 spiro atoms. The van der Waals surface area contributed by atoms with Gasteiger partial charge in [0.15, 0.2) is 0 Å². The van der Waals surface area contributed by atoms with Crippen molar-refractivity contribution in [2.45, 2.75) is 31.7 Å². The third kappa shape index (κ3) is 3.43. The highest BCUT2D eigenvalue weighted by molar-refractivity contribution is 7.98. The maximum absolute atomic E-state index is 4.65. The normalized spacial score (nSPS) is 11.0. The first-order valence-electron chi connectivity index (χ1n) is 7.87. The molecule has 0 bridgehead atoms. The number of rotatable bonds is 5. The number of aromatic nitrogens is 4. The van der Waals surface area contributed by atoms with Crippen molar-refractivity contribution in [3.8, 4) is 11.4 Å². The highest BCUT2D eigenvalue weighted by atomic mass is 32.2. The van der Waals surface area contributed by atoms with Crippen LogP contribution in [-0.2, 0) is 0 Å². The molecule has 0 fully saturated rings. The van der Waals surface area contributed by atoms with Crippen molar-refractivity contribution in [2.75, 3.05) is 11.6 Å². The first-order valence-corrected chi connectivity index (χ1v) is 9.09. The molecule has 6 heteroatoms. The number of benzene rings is 1. The molecule has 0 radical (unpaired) electrons. The van der Waals surface area contributed by atoms with E-state index in [0.717, 1.165) is 22.9 Å². The van der Waals surface area contributed by atoms with Crippen LogP contribution in [0.4, 0.5) is 11.6 Å². The summed E-state index contributed by atoms with van der Waals surface area (Å²) in [7, 11) is 0. The summed E-state index contributed by atoms with van der Waals surface area (Å²) in [5, 5.41) is 3.26. The maximum atomic E-state index is 4.65. The van der Waals surface area contributed by atoms with Crippen LogP contribution in [0.5, 0.6) is 0 Å². The van der Waals surface area contributed by atoms with Gasteiger partial charge < -0.3 is 9.88 Å². The topological polar surface area (TPSA) is 55.6 Å². The number of nitrogens with one attached hydrogen (secondary N) is 1. The van der Waals surface area contributed by atoms with Gasteiger partial charge in [-0.15, -0.1) is 11.8 Å². The summed E-state index contributed by atoms with van der Waals surface area (Å²) in [6.45, 7) is 6.30. The van der Waals surface area contributed by atoms with E-state index in [4.69, 9.17) is 0 Å². The molecule has 0 unspecified atom stereocenters. The summed E-state index contributed by atoms with van der Waals surface area (Å²) >= 11 is 1.72. The lowest BCUT2D eigenvalue weighted by Crippen LogP contribution is -2.06. The number of hydrogen-bond donors (Lipinski definition) is 1. The van der Waals surface area contributed by atoms with Crippen LogP contribution < -0.4 is 5.32 Å². The maximum Gasteiger partial charge on any atom is 0.227 e. The molecular weight excluding hydrogens is 318 g/mol. The fraction of sp³-hybridized carbons (Fsp3) is 0.278. The van der Waals surface area contributed by atoms with E-state index in [-0.39, 0.29) is 0 Å². The Labute approximate surface area is 146 Å². The molecule has 0 saturated carbocycles. The average Bonchev–Trinajstić information content (AvgIpc) is 2.98. The zero-order valence-corrected chi connectivity index (χ0v) is 15.1. The molecule has 0 atom stereocenters. The minimum absolute atomic E-state index is 0.327. The summed E-state index contributed by atoms with van der Waals surface area (Å²) < 4.78 is 2.18. The Bertz CT molecular complexity index is 824. The van der Waals surface area contributed by atoms with Gasteiger partial charge in [0.25, 0.3) is 0 Å². The minimum Gasteiger partial charge on any atom is -0.324 e. The Morgan fingerprint density at radius 1 is 1.08 bits per heavy atom. The lowest BCUT2D eigenvalue weighted by atomic mass is 10.2. The van der Waals surface area contributed by atoms with E-state index in [9.17, 15) is 0 Å². The van der Waals surface area contributed by atoms with Crippen molar-refractivity contribution in [3.05, 3.63) is 48.5 Å². The Hall–Kier alpha value is -2.34. The standard InChI is InChI=1S/C18H21N5S/c1-12(2)23-13(3)20-11-17(23)16-9-10-19-18(22-16)21-14-5-7-15(24-4)8-6-14/h5-12H,1-4H3,(H,19,21,22). The minimum atomic E-state index is 0.327. The van der Waals surface area contributed by atoms with Gasteiger partial charge in [-0.3, -0.25) is 0 Å². The predicted octanol–water partition coefficient (Wildman–Crippen LogP) is 4.69. The smallest absolute Gasteiger partial charge is 0.227 e. The molecule has 5 nitrogen and oxygen atoms in total. The number of anilines is 2. The highest BCUT2D eigenvalue weighted by Gasteiger charge is 2.13. The highest BCUT2D eigenvalue weighted by Crippen LogP contribution is 2.24. The molecule has 3 rings (SSSR count). The van der Waals surface area contributed by atoms with E-state index >= 15 is 0 Å². The van der Waals surface area contributed by atoms with Gasteiger partial charge in [0.1, 0.15) is 5.82 Å². The predicted molar refractivity (Wildman–Crippen MR) is 99.9 cm³/mol. The van der Waals surface area contributed by atoms with E-state index in [1.54, 1.807) is 18.0 Å². The first-order chi connectivity index (χ1) is 11.6. The van der Waals surface area contributed by atoms with Crippen LogP contribution in [0, 0.1) is 6.92 Å². The second-order valence-electron chi connectivity index (χ2n) is 5.77. The van der Waals surface area contributed by atoms with Crippen LogP contribution in [-0.4, -0.2) is 25.8 Å². The lowest BCUT2D eigenvalue weighted by Gasteiger charge is -2.14. The summed E-state index contributed by atoms with van der Waals surface area (Å²) in [5.74, 6) is 1.57. The zero-order valence-electron chi connectivity index (χ0n) is 14.3. The van der Waals surface area contributed by atoms with E-state index in [1.165, 1.54) is 4.90 Å². The molecule has 2 aromatic heterocycles. The fourth-order valence-electron chi connectivity index (χ4n) is 2.66. The Kier molecular flexibility index (Phi) is 4.85. The summed E-state index contributed by atoms with van der Waals surface area (Å²) in [6.07, 6.45) is 5.71. The largest absolute Gasteiger partial charge is 0.324 e. The van der Waals surface area contributed by atoms with Gasteiger partial charge in [-0.05, 0) is 57.4 Å². The molecule has 0 amide bonds. The summed E-state index contributed by atoms with van der Waals surface area (Å²) in [6, 6.07) is 10.5. The molecule has 3 aromatic rings. The Balaban J connectivity index is 1.89. The molecule has 2 heterocycles. The summed E-state index contributed by atoms with van der Waals surface area (Å²) in [5.41, 5.74) is 2.84. The Morgan fingerprint density at radius 2 is 1.83 bits per heavy atom. The van der Waals surface area contributed by atoms with Gasteiger partial charge in [0, 0.05) is 22.8 Å². The number of nitrogens with zero attached hydrogens (tertiary/aromatic N) is 4. The van der Waals surface area contributed by atoms with Crippen molar-refractivity contribution in [3.63, 3.8) is 0 Å². The number of hydrogen-bond acceptors (Lipinski definition) is 5. The molecule has 0 aliphatic carbocycles. The summed E-state index contributed by atoms with van der Waals surface area (Å²) in [4.78, 5) is 14.6. The molecule has 1 aromatic carbocycles. The molecule has 124 valence electrons. The van der Waals surface area contributed by atoms with Gasteiger partial charge in [0.2, 0.25) is 5.95 Å². The SMILES string of the molecule is CSc1ccc(Nc2nccc(-c3cnc(C)n3C(C)C)n2)cc1. The van der Waals surface area contributed by atoms with Gasteiger partial charge in [-0.25, -0.2) is 15.0 Å². The number of imidazole rings is 1. The van der Waals surface area contributed by atoms with E-state index in [0.29, 0.717) is 12.0 Å². The molecule has 1 N–H and O–H groups in total. The quantitative estimate of drug-likeness (QED) is 0.683. The number of aryl methyl sites for hydroxylation is 1. The molecule has 0 saturated heterocycles. The third-order valence-electron chi connectivity index (χ3n) is 3.76.